The highest BCUT2D eigenvalue weighted by molar-refractivity contribution is 6.30. The zero-order chi connectivity index (χ0) is 18.6. The molecule has 0 fully saturated rings. The van der Waals surface area contributed by atoms with Crippen LogP contribution in [0.4, 0.5) is 4.39 Å². The van der Waals surface area contributed by atoms with Crippen molar-refractivity contribution in [1.82, 2.24) is 4.90 Å². The molecule has 25 heavy (non-hydrogen) atoms. The van der Waals surface area contributed by atoms with Gasteiger partial charge in [-0.15, -0.1) is 0 Å². The summed E-state index contributed by atoms with van der Waals surface area (Å²) in [5.41, 5.74) is 0.986. The molecule has 0 aliphatic carbocycles. The number of benzene rings is 2. The molecule has 4 heteroatoms. The smallest absolute Gasteiger partial charge is 0.123 e. The molecular weight excluding hydrogens is 337 g/mol. The highest BCUT2D eigenvalue weighted by atomic mass is 35.5. The summed E-state index contributed by atoms with van der Waals surface area (Å²) in [5.74, 6) is -0.486. The molecule has 134 valence electrons. The monoisotopic (exact) mass is 361 g/mol. The lowest BCUT2D eigenvalue weighted by molar-refractivity contribution is 0.0103. The van der Waals surface area contributed by atoms with Crippen molar-refractivity contribution in [2.45, 2.75) is 19.4 Å². The number of halogens is 2. The molecule has 2 unspecified atom stereocenters. The Morgan fingerprint density at radius 2 is 1.88 bits per heavy atom. The summed E-state index contributed by atoms with van der Waals surface area (Å²) in [6.07, 6.45) is 1.92. The summed E-state index contributed by atoms with van der Waals surface area (Å²) < 4.78 is 13.8. The number of hydrogen-bond acceptors (Lipinski definition) is 2. The van der Waals surface area contributed by atoms with Crippen LogP contribution >= 0.6 is 11.6 Å². The van der Waals surface area contributed by atoms with Gasteiger partial charge in [-0.1, -0.05) is 48.9 Å². The van der Waals surface area contributed by atoms with Crippen LogP contribution in [0.5, 0.6) is 0 Å². The number of hydrogen-bond donors (Lipinski definition) is 1. The molecule has 0 radical (unpaired) electrons. The van der Waals surface area contributed by atoms with E-state index in [4.69, 9.17) is 11.6 Å². The maximum atomic E-state index is 13.8. The topological polar surface area (TPSA) is 23.5 Å². The van der Waals surface area contributed by atoms with Crippen LogP contribution in [0.1, 0.15) is 25.0 Å². The Morgan fingerprint density at radius 3 is 2.44 bits per heavy atom. The summed E-state index contributed by atoms with van der Waals surface area (Å²) in [6.45, 7) is 4.52. The quantitative estimate of drug-likeness (QED) is 0.785. The largest absolute Gasteiger partial charge is 0.380 e. The third-order valence-electron chi connectivity index (χ3n) is 4.47. The fourth-order valence-electron chi connectivity index (χ4n) is 3.23. The fraction of sp³-hybridized carbons (Fsp3) is 0.333. The Hall–Kier alpha value is -1.68. The molecule has 0 aromatic heterocycles. The summed E-state index contributed by atoms with van der Waals surface area (Å²) >= 11 is 5.94. The summed E-state index contributed by atoms with van der Waals surface area (Å²) in [6, 6.07) is 13.6. The van der Waals surface area contributed by atoms with Gasteiger partial charge in [0.15, 0.2) is 0 Å². The first-order valence-corrected chi connectivity index (χ1v) is 8.68. The highest BCUT2D eigenvalue weighted by Gasteiger charge is 2.38. The van der Waals surface area contributed by atoms with Crippen LogP contribution in [0.2, 0.25) is 5.02 Å². The predicted molar refractivity (Wildman–Crippen MR) is 103 cm³/mol. The molecule has 2 aromatic carbocycles. The van der Waals surface area contributed by atoms with Crippen LogP contribution in [0.15, 0.2) is 54.1 Å². The Kier molecular flexibility index (Phi) is 6.39. The van der Waals surface area contributed by atoms with Crippen molar-refractivity contribution < 1.29 is 9.50 Å². The minimum atomic E-state index is -1.27. The fourth-order valence-corrected chi connectivity index (χ4v) is 3.35. The van der Waals surface area contributed by atoms with Gasteiger partial charge >= 0.3 is 0 Å². The maximum absolute atomic E-state index is 13.8. The summed E-state index contributed by atoms with van der Waals surface area (Å²) in [5, 5.41) is 12.3. The molecule has 0 saturated carbocycles. The van der Waals surface area contributed by atoms with Gasteiger partial charge in [-0.05, 0) is 62.0 Å². The van der Waals surface area contributed by atoms with Gasteiger partial charge in [0.25, 0.3) is 0 Å². The van der Waals surface area contributed by atoms with E-state index in [0.717, 1.165) is 11.1 Å². The van der Waals surface area contributed by atoms with Crippen molar-refractivity contribution in [3.8, 4) is 0 Å². The first-order chi connectivity index (χ1) is 11.7. The standard InChI is InChI=1S/C21H25ClFNO/c1-15(12-17-8-10-19(22)11-9-17)21(25,16(2)14-24(3)4)18-6-5-7-20(23)13-18/h5-13,16,25H,14H2,1-4H3/b15-12+. The second-order valence-electron chi connectivity index (χ2n) is 6.82. The zero-order valence-corrected chi connectivity index (χ0v) is 15.9. The van der Waals surface area contributed by atoms with Gasteiger partial charge < -0.3 is 10.0 Å². The normalized spacial score (nSPS) is 15.9. The van der Waals surface area contributed by atoms with E-state index in [1.54, 1.807) is 12.1 Å². The van der Waals surface area contributed by atoms with Crippen LogP contribution in [0.3, 0.4) is 0 Å². The third-order valence-corrected chi connectivity index (χ3v) is 4.72. The molecule has 0 heterocycles. The van der Waals surface area contributed by atoms with E-state index in [9.17, 15) is 9.50 Å². The van der Waals surface area contributed by atoms with Crippen molar-refractivity contribution in [3.63, 3.8) is 0 Å². The van der Waals surface area contributed by atoms with Crippen LogP contribution in [-0.2, 0) is 5.60 Å². The molecule has 2 rings (SSSR count). The Balaban J connectivity index is 2.51. The van der Waals surface area contributed by atoms with Crippen LogP contribution in [0, 0.1) is 11.7 Å². The molecule has 1 N–H and O–H groups in total. The van der Waals surface area contributed by atoms with Gasteiger partial charge in [0, 0.05) is 17.5 Å². The van der Waals surface area contributed by atoms with Gasteiger partial charge in [-0.2, -0.15) is 0 Å². The lowest BCUT2D eigenvalue weighted by Crippen LogP contribution is -2.40. The average molecular weight is 362 g/mol. The van der Waals surface area contributed by atoms with Crippen molar-refractivity contribution in [1.29, 1.82) is 0 Å². The number of aliphatic hydroxyl groups is 1. The first-order valence-electron chi connectivity index (χ1n) is 8.31. The average Bonchev–Trinajstić information content (AvgIpc) is 2.55. The van der Waals surface area contributed by atoms with E-state index in [2.05, 4.69) is 0 Å². The van der Waals surface area contributed by atoms with E-state index in [1.807, 2.05) is 63.2 Å². The van der Waals surface area contributed by atoms with Gasteiger partial charge in [-0.3, -0.25) is 0 Å². The zero-order valence-electron chi connectivity index (χ0n) is 15.1. The molecule has 2 nitrogen and oxygen atoms in total. The van der Waals surface area contributed by atoms with E-state index in [1.165, 1.54) is 12.1 Å². The molecule has 0 spiro atoms. The molecule has 0 saturated heterocycles. The molecule has 2 atom stereocenters. The molecular formula is C21H25ClFNO. The van der Waals surface area contributed by atoms with E-state index in [0.29, 0.717) is 17.1 Å². The third kappa shape index (κ3) is 4.69. The highest BCUT2D eigenvalue weighted by Crippen LogP contribution is 2.38. The minimum absolute atomic E-state index is 0.132. The molecule has 0 amide bonds. The molecule has 0 bridgehead atoms. The summed E-state index contributed by atoms with van der Waals surface area (Å²) in [7, 11) is 3.92. The second-order valence-corrected chi connectivity index (χ2v) is 7.26. The van der Waals surface area contributed by atoms with E-state index < -0.39 is 5.60 Å². The molecule has 0 aliphatic rings. The predicted octanol–water partition coefficient (Wildman–Crippen LogP) is 4.97. The minimum Gasteiger partial charge on any atom is -0.380 e. The van der Waals surface area contributed by atoms with Gasteiger partial charge in [-0.25, -0.2) is 4.39 Å². The summed E-state index contributed by atoms with van der Waals surface area (Å²) in [4.78, 5) is 2.02. The Labute approximate surface area is 154 Å². The SMILES string of the molecule is C/C(=C\c1ccc(Cl)cc1)C(O)(c1cccc(F)c1)C(C)CN(C)C. The van der Waals surface area contributed by atoms with Crippen molar-refractivity contribution in [2.75, 3.05) is 20.6 Å². The number of nitrogens with zero attached hydrogens (tertiary/aromatic N) is 1. The first kappa shape index (κ1) is 19.6. The van der Waals surface area contributed by atoms with Gasteiger partial charge in [0.1, 0.15) is 11.4 Å². The lowest BCUT2D eigenvalue weighted by Gasteiger charge is -2.37. The van der Waals surface area contributed by atoms with Gasteiger partial charge in [0.2, 0.25) is 0 Å². The van der Waals surface area contributed by atoms with Crippen LogP contribution < -0.4 is 0 Å². The number of rotatable bonds is 6. The van der Waals surface area contributed by atoms with Crippen LogP contribution in [0.25, 0.3) is 6.08 Å². The lowest BCUT2D eigenvalue weighted by atomic mass is 9.76. The van der Waals surface area contributed by atoms with Crippen LogP contribution in [-0.4, -0.2) is 30.6 Å². The Bertz CT molecular complexity index is 742. The van der Waals surface area contributed by atoms with Crippen molar-refractivity contribution >= 4 is 17.7 Å². The second kappa shape index (κ2) is 8.13. The van der Waals surface area contributed by atoms with Crippen molar-refractivity contribution in [2.24, 2.45) is 5.92 Å². The molecule has 0 aliphatic heterocycles. The van der Waals surface area contributed by atoms with Crippen molar-refractivity contribution in [3.05, 3.63) is 76.1 Å². The van der Waals surface area contributed by atoms with E-state index in [-0.39, 0.29) is 11.7 Å². The molecule has 2 aromatic rings. The maximum Gasteiger partial charge on any atom is 0.123 e. The Morgan fingerprint density at radius 1 is 1.24 bits per heavy atom. The van der Waals surface area contributed by atoms with Gasteiger partial charge in [0.05, 0.1) is 0 Å². The van der Waals surface area contributed by atoms with E-state index >= 15 is 0 Å².